The highest BCUT2D eigenvalue weighted by Gasteiger charge is 2.26. The van der Waals surface area contributed by atoms with Gasteiger partial charge < -0.3 is 15.5 Å². The summed E-state index contributed by atoms with van der Waals surface area (Å²) in [4.78, 5) is 19.9. The number of likely N-dealkylation sites (tertiary alicyclic amines) is 1. The molecule has 0 radical (unpaired) electrons. The molecule has 0 spiro atoms. The number of rotatable bonds is 2. The van der Waals surface area contributed by atoms with E-state index in [0.29, 0.717) is 0 Å². The molecule has 7 nitrogen and oxygen atoms in total. The first-order valence-electron chi connectivity index (χ1n) is 5.71. The van der Waals surface area contributed by atoms with Gasteiger partial charge in [-0.25, -0.2) is 0 Å². The van der Waals surface area contributed by atoms with Crippen LogP contribution in [0.15, 0.2) is 0 Å². The Labute approximate surface area is 100.0 Å². The number of hydrogen-bond donors (Lipinski definition) is 2. The maximum atomic E-state index is 12.1. The Kier molecular flexibility index (Phi) is 3.28. The summed E-state index contributed by atoms with van der Waals surface area (Å²) in [6.45, 7) is 1.99. The van der Waals surface area contributed by atoms with Crippen molar-refractivity contribution in [3.63, 3.8) is 0 Å². The van der Waals surface area contributed by atoms with E-state index in [1.807, 2.05) is 0 Å². The SMILES string of the molecule is CN1CCCC(N(C)C(=O)c2nc(N)n[nH]2)C1. The van der Waals surface area contributed by atoms with Crippen molar-refractivity contribution >= 4 is 11.9 Å². The first-order valence-corrected chi connectivity index (χ1v) is 5.71. The van der Waals surface area contributed by atoms with Gasteiger partial charge in [-0.15, -0.1) is 5.10 Å². The zero-order valence-corrected chi connectivity index (χ0v) is 10.2. The van der Waals surface area contributed by atoms with E-state index in [4.69, 9.17) is 5.73 Å². The average Bonchev–Trinajstić information content (AvgIpc) is 2.74. The zero-order valence-electron chi connectivity index (χ0n) is 10.2. The number of aromatic nitrogens is 3. The number of nitrogens with two attached hydrogens (primary N) is 1. The lowest BCUT2D eigenvalue weighted by Crippen LogP contribution is -2.47. The fourth-order valence-corrected chi connectivity index (χ4v) is 2.16. The van der Waals surface area contributed by atoms with Crippen LogP contribution in [0.25, 0.3) is 0 Å². The number of nitrogen functional groups attached to an aromatic ring is 1. The second-order valence-electron chi connectivity index (χ2n) is 4.52. The van der Waals surface area contributed by atoms with E-state index in [0.717, 1.165) is 25.9 Å². The lowest BCUT2D eigenvalue weighted by atomic mass is 10.1. The van der Waals surface area contributed by atoms with E-state index in [1.165, 1.54) is 0 Å². The molecule has 1 fully saturated rings. The minimum atomic E-state index is -0.158. The number of nitrogens with zero attached hydrogens (tertiary/aromatic N) is 4. The standard InChI is InChI=1S/C10H18N6O/c1-15-5-3-4-7(6-15)16(2)9(17)8-12-10(11)14-13-8/h7H,3-6H2,1-2H3,(H3,11,12,13,14). The smallest absolute Gasteiger partial charge is 0.291 e. The van der Waals surface area contributed by atoms with Crippen molar-refractivity contribution < 1.29 is 4.79 Å². The molecule has 1 amide bonds. The number of amides is 1. The molecule has 1 aromatic heterocycles. The van der Waals surface area contributed by atoms with Crippen LogP contribution in [0.3, 0.4) is 0 Å². The number of aromatic amines is 1. The molecule has 1 aromatic rings. The second kappa shape index (κ2) is 4.70. The van der Waals surface area contributed by atoms with Gasteiger partial charge in [0.05, 0.1) is 0 Å². The van der Waals surface area contributed by atoms with Crippen LogP contribution < -0.4 is 5.73 Å². The van der Waals surface area contributed by atoms with Gasteiger partial charge in [-0.1, -0.05) is 0 Å². The number of anilines is 1. The maximum Gasteiger partial charge on any atom is 0.291 e. The van der Waals surface area contributed by atoms with Crippen LogP contribution in [0.2, 0.25) is 0 Å². The molecule has 2 heterocycles. The predicted octanol–water partition coefficient (Wildman–Crippen LogP) is -0.447. The fourth-order valence-electron chi connectivity index (χ4n) is 2.16. The van der Waals surface area contributed by atoms with Crippen molar-refractivity contribution in [2.24, 2.45) is 0 Å². The van der Waals surface area contributed by atoms with Crippen molar-refractivity contribution in [2.75, 3.05) is 32.9 Å². The molecular weight excluding hydrogens is 220 g/mol. The highest BCUT2D eigenvalue weighted by atomic mass is 16.2. The Hall–Kier alpha value is -1.63. The molecule has 1 aliphatic rings. The monoisotopic (exact) mass is 238 g/mol. The van der Waals surface area contributed by atoms with Gasteiger partial charge in [-0.05, 0) is 26.4 Å². The summed E-state index contributed by atoms with van der Waals surface area (Å²) in [5.41, 5.74) is 5.38. The molecule has 17 heavy (non-hydrogen) atoms. The summed E-state index contributed by atoms with van der Waals surface area (Å²) >= 11 is 0. The number of nitrogens with one attached hydrogen (secondary N) is 1. The lowest BCUT2D eigenvalue weighted by molar-refractivity contribution is 0.0632. The van der Waals surface area contributed by atoms with E-state index >= 15 is 0 Å². The van der Waals surface area contributed by atoms with Gasteiger partial charge in [-0.2, -0.15) is 4.98 Å². The number of carbonyl (C=O) groups excluding carboxylic acids is 1. The molecule has 94 valence electrons. The normalized spacial score (nSPS) is 21.4. The molecule has 7 heteroatoms. The van der Waals surface area contributed by atoms with E-state index in [-0.39, 0.29) is 23.7 Å². The van der Waals surface area contributed by atoms with E-state index in [9.17, 15) is 4.79 Å². The predicted molar refractivity (Wildman–Crippen MR) is 63.4 cm³/mol. The highest BCUT2D eigenvalue weighted by molar-refractivity contribution is 5.90. The summed E-state index contributed by atoms with van der Waals surface area (Å²) in [7, 11) is 3.86. The first kappa shape index (κ1) is 11.8. The second-order valence-corrected chi connectivity index (χ2v) is 4.52. The van der Waals surface area contributed by atoms with Crippen molar-refractivity contribution in [1.82, 2.24) is 25.0 Å². The van der Waals surface area contributed by atoms with Gasteiger partial charge in [0.2, 0.25) is 11.8 Å². The summed E-state index contributed by atoms with van der Waals surface area (Å²) in [5.74, 6) is 0.148. The lowest BCUT2D eigenvalue weighted by Gasteiger charge is -2.35. The Balaban J connectivity index is 2.04. The number of hydrogen-bond acceptors (Lipinski definition) is 5. The molecule has 0 aromatic carbocycles. The van der Waals surface area contributed by atoms with Crippen LogP contribution in [-0.4, -0.2) is 64.1 Å². The topological polar surface area (TPSA) is 91.1 Å². The summed E-state index contributed by atoms with van der Waals surface area (Å²) in [6.07, 6.45) is 2.13. The third kappa shape index (κ3) is 2.55. The Morgan fingerprint density at radius 3 is 3.00 bits per heavy atom. The van der Waals surface area contributed by atoms with Crippen molar-refractivity contribution in [3.8, 4) is 0 Å². The van der Waals surface area contributed by atoms with Crippen LogP contribution in [-0.2, 0) is 0 Å². The Bertz CT molecular complexity index is 403. The third-order valence-electron chi connectivity index (χ3n) is 3.17. The van der Waals surface area contributed by atoms with Gasteiger partial charge in [0, 0.05) is 19.6 Å². The number of carbonyl (C=O) groups is 1. The van der Waals surface area contributed by atoms with Gasteiger partial charge in [0.1, 0.15) is 0 Å². The average molecular weight is 238 g/mol. The van der Waals surface area contributed by atoms with E-state index in [1.54, 1.807) is 11.9 Å². The van der Waals surface area contributed by atoms with Crippen LogP contribution in [0, 0.1) is 0 Å². The van der Waals surface area contributed by atoms with E-state index < -0.39 is 0 Å². The van der Waals surface area contributed by atoms with Gasteiger partial charge in [0.15, 0.2) is 0 Å². The van der Waals surface area contributed by atoms with Crippen LogP contribution >= 0.6 is 0 Å². The van der Waals surface area contributed by atoms with E-state index in [2.05, 4.69) is 27.1 Å². The minimum Gasteiger partial charge on any atom is -0.366 e. The Morgan fingerprint density at radius 1 is 1.65 bits per heavy atom. The summed E-state index contributed by atoms with van der Waals surface area (Å²) < 4.78 is 0. The van der Waals surface area contributed by atoms with Crippen molar-refractivity contribution in [3.05, 3.63) is 5.82 Å². The third-order valence-corrected chi connectivity index (χ3v) is 3.17. The minimum absolute atomic E-state index is 0.0995. The molecular formula is C10H18N6O. The largest absolute Gasteiger partial charge is 0.366 e. The molecule has 3 N–H and O–H groups in total. The molecule has 1 aliphatic heterocycles. The van der Waals surface area contributed by atoms with Crippen molar-refractivity contribution in [1.29, 1.82) is 0 Å². The fraction of sp³-hybridized carbons (Fsp3) is 0.700. The number of piperidine rings is 1. The number of likely N-dealkylation sites (N-methyl/N-ethyl adjacent to an activating group) is 2. The van der Waals surface area contributed by atoms with Gasteiger partial charge in [-0.3, -0.25) is 9.89 Å². The molecule has 0 bridgehead atoms. The molecule has 2 rings (SSSR count). The molecule has 1 unspecified atom stereocenters. The maximum absolute atomic E-state index is 12.1. The molecule has 1 saturated heterocycles. The first-order chi connectivity index (χ1) is 8.08. The molecule has 0 saturated carbocycles. The van der Waals surface area contributed by atoms with Crippen LogP contribution in [0.1, 0.15) is 23.5 Å². The Morgan fingerprint density at radius 2 is 2.41 bits per heavy atom. The molecule has 1 atom stereocenters. The number of H-pyrrole nitrogens is 1. The molecule has 0 aliphatic carbocycles. The van der Waals surface area contributed by atoms with Crippen LogP contribution in [0.4, 0.5) is 5.95 Å². The summed E-state index contributed by atoms with van der Waals surface area (Å²) in [6, 6.07) is 0.229. The van der Waals surface area contributed by atoms with Gasteiger partial charge in [0.25, 0.3) is 5.91 Å². The van der Waals surface area contributed by atoms with Crippen molar-refractivity contribution in [2.45, 2.75) is 18.9 Å². The quantitative estimate of drug-likeness (QED) is 0.728. The zero-order chi connectivity index (χ0) is 12.4. The summed E-state index contributed by atoms with van der Waals surface area (Å²) in [5, 5.41) is 6.21. The van der Waals surface area contributed by atoms with Gasteiger partial charge >= 0.3 is 0 Å². The highest BCUT2D eigenvalue weighted by Crippen LogP contribution is 2.14. The van der Waals surface area contributed by atoms with Crippen LogP contribution in [0.5, 0.6) is 0 Å².